The fraction of sp³-hybridized carbons (Fsp3) is 0.364. The van der Waals surface area contributed by atoms with Crippen LogP contribution in [0.3, 0.4) is 0 Å². The molecule has 2 aromatic rings. The molecular weight excluding hydrogens is 268 g/mol. The minimum absolute atomic E-state index is 0.0776. The highest BCUT2D eigenvalue weighted by Crippen LogP contribution is 2.17. The van der Waals surface area contributed by atoms with Gasteiger partial charge in [0.15, 0.2) is 0 Å². The maximum atomic E-state index is 12.1. The number of nitrogens with one attached hydrogen (secondary N) is 2. The van der Waals surface area contributed by atoms with Crippen molar-refractivity contribution in [1.82, 2.24) is 14.8 Å². The number of H-pyrrole nitrogens is 1. The zero-order valence-electron chi connectivity index (χ0n) is 10.7. The Labute approximate surface area is 111 Å². The predicted molar refractivity (Wildman–Crippen MR) is 70.1 cm³/mol. The molecule has 0 atom stereocenters. The van der Waals surface area contributed by atoms with Crippen molar-refractivity contribution in [2.45, 2.75) is 31.4 Å². The van der Waals surface area contributed by atoms with Crippen LogP contribution < -0.4 is 4.72 Å². The van der Waals surface area contributed by atoms with E-state index in [1.165, 1.54) is 18.5 Å². The van der Waals surface area contributed by atoms with Crippen molar-refractivity contribution in [2.24, 2.45) is 0 Å². The number of hydrogen-bond donors (Lipinski definition) is 3. The Bertz CT molecular complexity index is 657. The van der Waals surface area contributed by atoms with Gasteiger partial charge in [0, 0.05) is 24.1 Å². The fourth-order valence-electron chi connectivity index (χ4n) is 1.55. The molecule has 19 heavy (non-hydrogen) atoms. The third-order valence-corrected chi connectivity index (χ3v) is 3.94. The Morgan fingerprint density at radius 1 is 1.53 bits per heavy atom. The lowest BCUT2D eigenvalue weighted by atomic mass is 10.4. The highest BCUT2D eigenvalue weighted by Gasteiger charge is 2.17. The van der Waals surface area contributed by atoms with E-state index in [0.29, 0.717) is 11.4 Å². The number of sulfonamides is 1. The summed E-state index contributed by atoms with van der Waals surface area (Å²) in [5, 5.41) is 13.0. The molecule has 0 fully saturated rings. The number of anilines is 1. The Hall–Kier alpha value is -1.80. The summed E-state index contributed by atoms with van der Waals surface area (Å²) in [5.41, 5.74) is 0.846. The summed E-state index contributed by atoms with van der Waals surface area (Å²) in [7, 11) is -3.66. The summed E-state index contributed by atoms with van der Waals surface area (Å²) in [6.45, 7) is 3.66. The molecule has 0 aliphatic rings. The molecule has 0 aliphatic heterocycles. The minimum atomic E-state index is -3.66. The molecule has 2 rings (SSSR count). The first-order chi connectivity index (χ1) is 8.92. The van der Waals surface area contributed by atoms with E-state index in [2.05, 4.69) is 14.8 Å². The van der Waals surface area contributed by atoms with Gasteiger partial charge in [-0.2, -0.15) is 5.10 Å². The summed E-state index contributed by atoms with van der Waals surface area (Å²) < 4.78 is 28.2. The van der Waals surface area contributed by atoms with Gasteiger partial charge in [-0.25, -0.2) is 8.42 Å². The molecule has 0 unspecified atom stereocenters. The normalized spacial score (nSPS) is 12.0. The summed E-state index contributed by atoms with van der Waals surface area (Å²) >= 11 is 0. The van der Waals surface area contributed by atoms with Gasteiger partial charge in [-0.1, -0.05) is 0 Å². The first kappa shape index (κ1) is 13.6. The third kappa shape index (κ3) is 2.96. The zero-order chi connectivity index (χ0) is 14.0. The van der Waals surface area contributed by atoms with Gasteiger partial charge in [-0.15, -0.1) is 0 Å². The van der Waals surface area contributed by atoms with Crippen LogP contribution >= 0.6 is 0 Å². The number of aromatic amines is 1. The first-order valence-electron chi connectivity index (χ1n) is 5.77. The molecule has 7 nitrogen and oxygen atoms in total. The third-order valence-electron chi connectivity index (χ3n) is 2.58. The van der Waals surface area contributed by atoms with E-state index >= 15 is 0 Å². The SMILES string of the molecule is CC(C)n1cc(NS(=O)(=O)c2c[nH]c(CO)c2)cn1. The molecular formula is C11H16N4O3S. The Morgan fingerprint density at radius 2 is 2.26 bits per heavy atom. The van der Waals surface area contributed by atoms with Crippen LogP contribution in [0, 0.1) is 0 Å². The second-order valence-electron chi connectivity index (χ2n) is 4.43. The van der Waals surface area contributed by atoms with Gasteiger partial charge in [0.05, 0.1) is 18.5 Å². The van der Waals surface area contributed by atoms with Gasteiger partial charge in [0.2, 0.25) is 0 Å². The molecule has 0 amide bonds. The molecule has 104 valence electrons. The van der Waals surface area contributed by atoms with Crippen molar-refractivity contribution >= 4 is 15.7 Å². The Kier molecular flexibility index (Phi) is 3.63. The second kappa shape index (κ2) is 5.06. The summed E-state index contributed by atoms with van der Waals surface area (Å²) in [6.07, 6.45) is 4.42. The molecule has 2 aromatic heterocycles. The number of rotatable bonds is 5. The summed E-state index contributed by atoms with van der Waals surface area (Å²) in [5.74, 6) is 0. The lowest BCUT2D eigenvalue weighted by molar-refractivity contribution is 0.277. The molecule has 3 N–H and O–H groups in total. The first-order valence-corrected chi connectivity index (χ1v) is 7.26. The van der Waals surface area contributed by atoms with E-state index in [1.54, 1.807) is 10.9 Å². The van der Waals surface area contributed by atoms with Crippen molar-refractivity contribution in [3.05, 3.63) is 30.4 Å². The standard InChI is InChI=1S/C11H16N4O3S/c1-8(2)15-6-10(4-13-15)14-19(17,18)11-3-9(7-16)12-5-11/h3-6,8,12,14,16H,7H2,1-2H3. The van der Waals surface area contributed by atoms with Crippen LogP contribution in [0.25, 0.3) is 0 Å². The van der Waals surface area contributed by atoms with Crippen LogP contribution in [0.4, 0.5) is 5.69 Å². The van der Waals surface area contributed by atoms with E-state index in [4.69, 9.17) is 5.11 Å². The zero-order valence-corrected chi connectivity index (χ0v) is 11.5. The number of aliphatic hydroxyl groups is 1. The molecule has 0 aromatic carbocycles. The monoisotopic (exact) mass is 284 g/mol. The fourth-order valence-corrected chi connectivity index (χ4v) is 2.60. The predicted octanol–water partition coefficient (Wildman–Crippen LogP) is 1.09. The van der Waals surface area contributed by atoms with Crippen molar-refractivity contribution in [1.29, 1.82) is 0 Å². The van der Waals surface area contributed by atoms with Crippen LogP contribution in [0.15, 0.2) is 29.6 Å². The molecule has 0 saturated heterocycles. The topological polar surface area (TPSA) is 100 Å². The van der Waals surface area contributed by atoms with Crippen LogP contribution in [-0.2, 0) is 16.6 Å². The van der Waals surface area contributed by atoms with E-state index < -0.39 is 10.0 Å². The average molecular weight is 284 g/mol. The van der Waals surface area contributed by atoms with Gasteiger partial charge < -0.3 is 10.1 Å². The highest BCUT2D eigenvalue weighted by molar-refractivity contribution is 7.92. The molecule has 2 heterocycles. The Morgan fingerprint density at radius 3 is 2.79 bits per heavy atom. The van der Waals surface area contributed by atoms with Gasteiger partial charge in [-0.3, -0.25) is 9.40 Å². The smallest absolute Gasteiger partial charge is 0.263 e. The van der Waals surface area contributed by atoms with Crippen LogP contribution in [0.1, 0.15) is 25.6 Å². The molecule has 8 heteroatoms. The Balaban J connectivity index is 2.20. The lowest BCUT2D eigenvalue weighted by Gasteiger charge is -2.04. The average Bonchev–Trinajstić information content (AvgIpc) is 2.96. The quantitative estimate of drug-likeness (QED) is 0.765. The summed E-state index contributed by atoms with van der Waals surface area (Å²) in [6, 6.07) is 1.54. The van der Waals surface area contributed by atoms with Crippen LogP contribution in [0.2, 0.25) is 0 Å². The van der Waals surface area contributed by atoms with Gasteiger partial charge >= 0.3 is 0 Å². The molecule has 0 aliphatic carbocycles. The van der Waals surface area contributed by atoms with Crippen molar-refractivity contribution in [2.75, 3.05) is 4.72 Å². The van der Waals surface area contributed by atoms with Crippen LogP contribution in [-0.4, -0.2) is 28.3 Å². The highest BCUT2D eigenvalue weighted by atomic mass is 32.2. The molecule has 0 saturated carbocycles. The van der Waals surface area contributed by atoms with E-state index in [-0.39, 0.29) is 17.5 Å². The summed E-state index contributed by atoms with van der Waals surface area (Å²) in [4.78, 5) is 2.76. The maximum absolute atomic E-state index is 12.1. The van der Waals surface area contributed by atoms with E-state index in [9.17, 15) is 8.42 Å². The van der Waals surface area contributed by atoms with Crippen molar-refractivity contribution < 1.29 is 13.5 Å². The maximum Gasteiger partial charge on any atom is 0.263 e. The van der Waals surface area contributed by atoms with Gasteiger partial charge in [-0.05, 0) is 19.9 Å². The second-order valence-corrected chi connectivity index (χ2v) is 6.11. The number of nitrogens with zero attached hydrogens (tertiary/aromatic N) is 2. The molecule has 0 radical (unpaired) electrons. The lowest BCUT2D eigenvalue weighted by Crippen LogP contribution is -2.11. The molecule has 0 bridgehead atoms. The number of aliphatic hydroxyl groups excluding tert-OH is 1. The van der Waals surface area contributed by atoms with Gasteiger partial charge in [0.1, 0.15) is 4.90 Å². The van der Waals surface area contributed by atoms with E-state index in [1.807, 2.05) is 13.8 Å². The van der Waals surface area contributed by atoms with Crippen molar-refractivity contribution in [3.63, 3.8) is 0 Å². The van der Waals surface area contributed by atoms with E-state index in [0.717, 1.165) is 0 Å². The minimum Gasteiger partial charge on any atom is -0.390 e. The number of hydrogen-bond acceptors (Lipinski definition) is 4. The van der Waals surface area contributed by atoms with Crippen molar-refractivity contribution in [3.8, 4) is 0 Å². The van der Waals surface area contributed by atoms with Crippen LogP contribution in [0.5, 0.6) is 0 Å². The van der Waals surface area contributed by atoms with Gasteiger partial charge in [0.25, 0.3) is 10.0 Å². The molecule has 0 spiro atoms. The number of aromatic nitrogens is 3. The largest absolute Gasteiger partial charge is 0.390 e.